The summed E-state index contributed by atoms with van der Waals surface area (Å²) < 4.78 is 29.5. The van der Waals surface area contributed by atoms with Crippen LogP contribution in [0.4, 0.5) is 0 Å². The summed E-state index contributed by atoms with van der Waals surface area (Å²) in [7, 11) is -3.71. The van der Waals surface area contributed by atoms with E-state index in [1.54, 1.807) is 12.1 Å². The van der Waals surface area contributed by atoms with E-state index in [9.17, 15) is 8.42 Å². The van der Waals surface area contributed by atoms with Crippen molar-refractivity contribution in [2.24, 2.45) is 0 Å². The van der Waals surface area contributed by atoms with Gasteiger partial charge in [-0.05, 0) is 55.8 Å². The molecule has 0 saturated carbocycles. The summed E-state index contributed by atoms with van der Waals surface area (Å²) in [4.78, 5) is 0.295. The van der Waals surface area contributed by atoms with Gasteiger partial charge in [0.15, 0.2) is 0 Å². The van der Waals surface area contributed by atoms with Gasteiger partial charge >= 0.3 is 0 Å². The van der Waals surface area contributed by atoms with Gasteiger partial charge in [-0.1, -0.05) is 63.5 Å². The first-order chi connectivity index (χ1) is 13.3. The summed E-state index contributed by atoms with van der Waals surface area (Å²) in [5, 5.41) is 0.896. The zero-order valence-corrected chi connectivity index (χ0v) is 18.1. The number of rotatable bonds is 4. The van der Waals surface area contributed by atoms with E-state index in [0.717, 1.165) is 26.7 Å². The average Bonchev–Trinajstić information content (AvgIpc) is 3.01. The van der Waals surface area contributed by atoms with Crippen LogP contribution in [0.5, 0.6) is 0 Å². The van der Waals surface area contributed by atoms with Crippen LogP contribution < -0.4 is 0 Å². The molecule has 4 aromatic rings. The molecule has 0 amide bonds. The Bertz CT molecular complexity index is 1250. The molecular weight excluding hydrogens is 434 g/mol. The van der Waals surface area contributed by atoms with Crippen molar-refractivity contribution in [2.75, 3.05) is 0 Å². The smallest absolute Gasteiger partial charge is 0.238 e. The van der Waals surface area contributed by atoms with Crippen LogP contribution in [0.2, 0.25) is 0 Å². The fourth-order valence-electron chi connectivity index (χ4n) is 3.36. The fraction of sp³-hybridized carbons (Fsp3) is 0.130. The molecule has 3 nitrogen and oxygen atoms in total. The number of benzene rings is 3. The van der Waals surface area contributed by atoms with E-state index in [4.69, 9.17) is 0 Å². The Morgan fingerprint density at radius 1 is 0.821 bits per heavy atom. The van der Waals surface area contributed by atoms with Crippen LogP contribution in [0.25, 0.3) is 10.9 Å². The number of fused-ring (bicyclic) bond motifs is 1. The second kappa shape index (κ2) is 7.22. The average molecular weight is 454 g/mol. The van der Waals surface area contributed by atoms with Gasteiger partial charge in [0.2, 0.25) is 0 Å². The van der Waals surface area contributed by atoms with Crippen molar-refractivity contribution < 1.29 is 8.42 Å². The van der Waals surface area contributed by atoms with Crippen molar-refractivity contribution in [1.82, 2.24) is 3.97 Å². The Kier molecular flexibility index (Phi) is 4.89. The second-order valence-electron chi connectivity index (χ2n) is 7.08. The summed E-state index contributed by atoms with van der Waals surface area (Å²) in [6.45, 7) is 3.99. The molecular formula is C23H20BrNO2S. The largest absolute Gasteiger partial charge is 0.268 e. The summed E-state index contributed by atoms with van der Waals surface area (Å²) in [5.74, 6) is 0. The minimum Gasteiger partial charge on any atom is -0.238 e. The highest BCUT2D eigenvalue weighted by molar-refractivity contribution is 9.10. The maximum atomic E-state index is 13.5. The van der Waals surface area contributed by atoms with E-state index in [1.165, 1.54) is 9.54 Å². The molecule has 0 spiro atoms. The third-order valence-electron chi connectivity index (χ3n) is 4.86. The predicted molar refractivity (Wildman–Crippen MR) is 117 cm³/mol. The molecule has 5 heteroatoms. The summed E-state index contributed by atoms with van der Waals surface area (Å²) in [6, 6.07) is 22.8. The Hall–Kier alpha value is -2.37. The Balaban J connectivity index is 1.92. The first kappa shape index (κ1) is 19.0. The van der Waals surface area contributed by atoms with Crippen LogP contribution >= 0.6 is 15.9 Å². The molecule has 0 radical (unpaired) electrons. The summed E-state index contributed by atoms with van der Waals surface area (Å²) in [6.07, 6.45) is 0.539. The highest BCUT2D eigenvalue weighted by Crippen LogP contribution is 2.29. The number of aryl methyl sites for hydroxylation is 2. The van der Waals surface area contributed by atoms with Crippen LogP contribution in [0.1, 0.15) is 22.4 Å². The molecule has 0 bridgehead atoms. The van der Waals surface area contributed by atoms with E-state index in [1.807, 2.05) is 74.5 Å². The summed E-state index contributed by atoms with van der Waals surface area (Å²) >= 11 is 3.49. The zero-order valence-electron chi connectivity index (χ0n) is 15.7. The third-order valence-corrected chi connectivity index (χ3v) is 7.13. The fourth-order valence-corrected chi connectivity index (χ4v) is 5.28. The molecule has 142 valence electrons. The third kappa shape index (κ3) is 3.52. The molecule has 0 aliphatic rings. The van der Waals surface area contributed by atoms with Crippen molar-refractivity contribution in [3.8, 4) is 0 Å². The molecule has 4 rings (SSSR count). The first-order valence-corrected chi connectivity index (χ1v) is 11.3. The molecule has 28 heavy (non-hydrogen) atoms. The Morgan fingerprint density at radius 2 is 1.43 bits per heavy atom. The number of hydrogen-bond acceptors (Lipinski definition) is 2. The van der Waals surface area contributed by atoms with E-state index >= 15 is 0 Å². The van der Waals surface area contributed by atoms with Crippen molar-refractivity contribution in [2.45, 2.75) is 25.2 Å². The number of hydrogen-bond donors (Lipinski definition) is 0. The summed E-state index contributed by atoms with van der Waals surface area (Å²) in [5.41, 5.74) is 4.72. The first-order valence-electron chi connectivity index (χ1n) is 9.02. The lowest BCUT2D eigenvalue weighted by Gasteiger charge is -2.13. The molecule has 0 unspecified atom stereocenters. The molecule has 3 aromatic carbocycles. The zero-order chi connectivity index (χ0) is 19.9. The Morgan fingerprint density at radius 3 is 2.07 bits per heavy atom. The predicted octanol–water partition coefficient (Wildman–Crippen LogP) is 5.85. The lowest BCUT2D eigenvalue weighted by atomic mass is 10.1. The van der Waals surface area contributed by atoms with Crippen molar-refractivity contribution in [3.05, 3.63) is 99.7 Å². The maximum absolute atomic E-state index is 13.5. The van der Waals surface area contributed by atoms with E-state index < -0.39 is 10.0 Å². The molecule has 0 atom stereocenters. The van der Waals surface area contributed by atoms with Gasteiger partial charge in [0.05, 0.1) is 10.4 Å². The minimum atomic E-state index is -3.71. The van der Waals surface area contributed by atoms with Crippen LogP contribution in [0.3, 0.4) is 0 Å². The lowest BCUT2D eigenvalue weighted by Crippen LogP contribution is -2.16. The standard InChI is InChI=1S/C23H20BrNO2S/c1-16-3-7-18(8-4-16)13-21-15-19-14-20(24)9-12-23(19)25(21)28(26,27)22-10-5-17(2)6-11-22/h3-12,14-15H,13H2,1-2H3. The van der Waals surface area contributed by atoms with Crippen molar-refractivity contribution in [1.29, 1.82) is 0 Å². The number of aromatic nitrogens is 1. The van der Waals surface area contributed by atoms with Gasteiger partial charge in [-0.2, -0.15) is 0 Å². The lowest BCUT2D eigenvalue weighted by molar-refractivity contribution is 0.587. The van der Waals surface area contributed by atoms with Crippen LogP contribution in [0.15, 0.2) is 82.2 Å². The van der Waals surface area contributed by atoms with Crippen LogP contribution in [0, 0.1) is 13.8 Å². The normalized spacial score (nSPS) is 11.8. The van der Waals surface area contributed by atoms with Gasteiger partial charge in [-0.3, -0.25) is 0 Å². The van der Waals surface area contributed by atoms with Crippen molar-refractivity contribution >= 4 is 36.9 Å². The van der Waals surface area contributed by atoms with Gasteiger partial charge in [-0.15, -0.1) is 0 Å². The molecule has 0 fully saturated rings. The maximum Gasteiger partial charge on any atom is 0.268 e. The van der Waals surface area contributed by atoms with Gasteiger partial charge in [0.25, 0.3) is 10.0 Å². The molecule has 1 heterocycles. The highest BCUT2D eigenvalue weighted by atomic mass is 79.9. The van der Waals surface area contributed by atoms with E-state index in [0.29, 0.717) is 16.8 Å². The molecule has 0 saturated heterocycles. The highest BCUT2D eigenvalue weighted by Gasteiger charge is 2.23. The molecule has 0 N–H and O–H groups in total. The van der Waals surface area contributed by atoms with Gasteiger partial charge < -0.3 is 0 Å². The van der Waals surface area contributed by atoms with E-state index in [-0.39, 0.29) is 0 Å². The molecule has 0 aliphatic carbocycles. The number of nitrogens with zero attached hydrogens (tertiary/aromatic N) is 1. The topological polar surface area (TPSA) is 39.1 Å². The number of halogens is 1. The molecule has 1 aromatic heterocycles. The van der Waals surface area contributed by atoms with Crippen LogP contribution in [-0.2, 0) is 16.4 Å². The monoisotopic (exact) mass is 453 g/mol. The second-order valence-corrected chi connectivity index (χ2v) is 9.79. The van der Waals surface area contributed by atoms with Gasteiger partial charge in [0.1, 0.15) is 0 Å². The van der Waals surface area contributed by atoms with E-state index in [2.05, 4.69) is 15.9 Å². The van der Waals surface area contributed by atoms with Gasteiger partial charge in [-0.25, -0.2) is 12.4 Å². The van der Waals surface area contributed by atoms with Crippen molar-refractivity contribution in [3.63, 3.8) is 0 Å². The quantitative estimate of drug-likeness (QED) is 0.388. The minimum absolute atomic E-state index is 0.295. The van der Waals surface area contributed by atoms with Crippen LogP contribution in [-0.4, -0.2) is 12.4 Å². The molecule has 0 aliphatic heterocycles. The van der Waals surface area contributed by atoms with Gasteiger partial charge in [0, 0.05) is 22.0 Å². The SMILES string of the molecule is Cc1ccc(Cc2cc3cc(Br)ccc3n2S(=O)(=O)c2ccc(C)cc2)cc1. The Labute approximate surface area is 173 Å².